The van der Waals surface area contributed by atoms with E-state index in [2.05, 4.69) is 11.9 Å². The molecule has 0 bridgehead atoms. The fourth-order valence-electron chi connectivity index (χ4n) is 2.96. The van der Waals surface area contributed by atoms with Crippen LogP contribution in [-0.2, 0) is 11.2 Å². The van der Waals surface area contributed by atoms with Crippen LogP contribution in [0.4, 0.5) is 0 Å². The quantitative estimate of drug-likeness (QED) is 0.854. The Morgan fingerprint density at radius 3 is 3.00 bits per heavy atom. The molecular weight excluding hydrogens is 272 g/mol. The lowest BCUT2D eigenvalue weighted by Gasteiger charge is -2.18. The zero-order valence-electron chi connectivity index (χ0n) is 12.0. The minimum atomic E-state index is -0.450. The monoisotopic (exact) mass is 290 g/mol. The summed E-state index contributed by atoms with van der Waals surface area (Å²) in [6.45, 7) is 5.43. The Bertz CT molecular complexity index is 744. The predicted molar refractivity (Wildman–Crippen MR) is 80.6 cm³/mol. The normalized spacial score (nSPS) is 19.9. The molecule has 1 aliphatic rings. The van der Waals surface area contributed by atoms with Gasteiger partial charge in [0.2, 0.25) is 0 Å². The van der Waals surface area contributed by atoms with Gasteiger partial charge in [-0.15, -0.1) is 11.3 Å². The molecular formula is C15H18N2O2S. The van der Waals surface area contributed by atoms with Crippen LogP contribution in [0.2, 0.25) is 0 Å². The number of Topliss-reactive ketones (excluding diaryl/α,β-unsaturated/α-hetero) is 1. The lowest BCUT2D eigenvalue weighted by Crippen LogP contribution is -2.27. The first kappa shape index (κ1) is 13.5. The highest BCUT2D eigenvalue weighted by atomic mass is 32.1. The van der Waals surface area contributed by atoms with Crippen LogP contribution in [0, 0.1) is 0 Å². The molecule has 0 aliphatic heterocycles. The van der Waals surface area contributed by atoms with Crippen LogP contribution in [0.15, 0.2) is 11.1 Å². The molecule has 1 aliphatic carbocycles. The van der Waals surface area contributed by atoms with E-state index in [-0.39, 0.29) is 11.3 Å². The van der Waals surface area contributed by atoms with Crippen molar-refractivity contribution in [2.45, 2.75) is 52.0 Å². The zero-order chi connectivity index (χ0) is 14.4. The van der Waals surface area contributed by atoms with Crippen LogP contribution < -0.4 is 5.56 Å². The number of rotatable bonds is 2. The number of aromatic nitrogens is 2. The fraction of sp³-hybridized carbons (Fsp3) is 0.533. The van der Waals surface area contributed by atoms with Crippen LogP contribution in [0.1, 0.15) is 56.0 Å². The molecule has 0 saturated carbocycles. The van der Waals surface area contributed by atoms with Crippen molar-refractivity contribution < 1.29 is 4.79 Å². The Morgan fingerprint density at radius 2 is 2.30 bits per heavy atom. The highest BCUT2D eigenvalue weighted by Crippen LogP contribution is 2.39. The van der Waals surface area contributed by atoms with Gasteiger partial charge in [-0.05, 0) is 44.6 Å². The van der Waals surface area contributed by atoms with Crippen LogP contribution >= 0.6 is 11.3 Å². The molecule has 0 amide bonds. The van der Waals surface area contributed by atoms with Crippen molar-refractivity contribution in [1.82, 2.24) is 9.55 Å². The van der Waals surface area contributed by atoms with Gasteiger partial charge in [0.15, 0.2) is 5.78 Å². The van der Waals surface area contributed by atoms with Crippen LogP contribution in [0.3, 0.4) is 0 Å². The molecule has 106 valence electrons. The van der Waals surface area contributed by atoms with Gasteiger partial charge in [-0.25, -0.2) is 4.98 Å². The maximum atomic E-state index is 12.7. The number of carbonyl (C=O) groups is 1. The first-order chi connectivity index (χ1) is 9.50. The van der Waals surface area contributed by atoms with Crippen molar-refractivity contribution >= 4 is 27.3 Å². The van der Waals surface area contributed by atoms with Gasteiger partial charge >= 0.3 is 0 Å². The van der Waals surface area contributed by atoms with Crippen LogP contribution in [0.25, 0.3) is 10.2 Å². The predicted octanol–water partition coefficient (Wildman–Crippen LogP) is 3.05. The van der Waals surface area contributed by atoms with Crippen molar-refractivity contribution in [3.05, 3.63) is 27.1 Å². The van der Waals surface area contributed by atoms with E-state index in [1.54, 1.807) is 18.3 Å². The molecule has 0 radical (unpaired) electrons. The highest BCUT2D eigenvalue weighted by molar-refractivity contribution is 7.18. The van der Waals surface area contributed by atoms with E-state index in [0.717, 1.165) is 23.1 Å². The zero-order valence-corrected chi connectivity index (χ0v) is 12.8. The largest absolute Gasteiger partial charge is 0.298 e. The molecule has 2 heterocycles. The molecule has 2 aromatic rings. The van der Waals surface area contributed by atoms with Gasteiger partial charge in [-0.2, -0.15) is 0 Å². The van der Waals surface area contributed by atoms with E-state index in [1.807, 2.05) is 0 Å². The average molecular weight is 290 g/mol. The second-order valence-electron chi connectivity index (χ2n) is 5.66. The number of hydrogen-bond donors (Lipinski definition) is 0. The molecule has 20 heavy (non-hydrogen) atoms. The summed E-state index contributed by atoms with van der Waals surface area (Å²) in [5, 5.41) is 0.743. The smallest absolute Gasteiger partial charge is 0.263 e. The third kappa shape index (κ3) is 1.92. The van der Waals surface area contributed by atoms with E-state index >= 15 is 0 Å². The van der Waals surface area contributed by atoms with E-state index in [1.165, 1.54) is 34.7 Å². The summed E-state index contributed by atoms with van der Waals surface area (Å²) in [6.07, 6.45) is 4.86. The minimum absolute atomic E-state index is 0.0228. The van der Waals surface area contributed by atoms with Gasteiger partial charge in [-0.1, -0.05) is 6.92 Å². The number of aryl methyl sites for hydroxylation is 1. The van der Waals surface area contributed by atoms with Gasteiger partial charge in [0.1, 0.15) is 4.83 Å². The Labute approximate surface area is 121 Å². The topological polar surface area (TPSA) is 52.0 Å². The van der Waals surface area contributed by atoms with Gasteiger partial charge in [-0.3, -0.25) is 14.2 Å². The van der Waals surface area contributed by atoms with Crippen molar-refractivity contribution in [1.29, 1.82) is 0 Å². The number of hydrogen-bond acceptors (Lipinski definition) is 4. The molecule has 0 spiro atoms. The maximum Gasteiger partial charge on any atom is 0.263 e. The minimum Gasteiger partial charge on any atom is -0.298 e. The summed E-state index contributed by atoms with van der Waals surface area (Å²) in [6, 6.07) is -0.450. The Morgan fingerprint density at radius 1 is 1.55 bits per heavy atom. The summed E-state index contributed by atoms with van der Waals surface area (Å²) >= 11 is 1.64. The first-order valence-corrected chi connectivity index (χ1v) is 7.85. The third-order valence-electron chi connectivity index (χ3n) is 4.29. The van der Waals surface area contributed by atoms with Crippen LogP contribution in [-0.4, -0.2) is 15.3 Å². The summed E-state index contributed by atoms with van der Waals surface area (Å²) < 4.78 is 1.47. The summed E-state index contributed by atoms with van der Waals surface area (Å²) in [5.41, 5.74) is 1.11. The average Bonchev–Trinajstić information content (AvgIpc) is 2.79. The lowest BCUT2D eigenvalue weighted by atomic mass is 9.88. The molecule has 5 heteroatoms. The lowest BCUT2D eigenvalue weighted by molar-refractivity contribution is -0.119. The standard InChI is InChI=1S/C15H18N2O2S/c1-8-5-4-6-11-12(8)13-14(20-11)16-7-17(15(13)19)9(2)10(3)18/h7-9H,4-6H2,1-3H3. The van der Waals surface area contributed by atoms with E-state index in [4.69, 9.17) is 0 Å². The number of fused-ring (bicyclic) bond motifs is 3. The second kappa shape index (κ2) is 4.81. The number of ketones is 1. The van der Waals surface area contributed by atoms with E-state index in [0.29, 0.717) is 5.92 Å². The number of carbonyl (C=O) groups excluding carboxylic acids is 1. The van der Waals surface area contributed by atoms with Crippen molar-refractivity contribution in [3.63, 3.8) is 0 Å². The van der Waals surface area contributed by atoms with Crippen LogP contribution in [0.5, 0.6) is 0 Å². The molecule has 2 unspecified atom stereocenters. The van der Waals surface area contributed by atoms with Crippen molar-refractivity contribution in [3.8, 4) is 0 Å². The molecule has 0 N–H and O–H groups in total. The summed E-state index contributed by atoms with van der Waals surface area (Å²) in [7, 11) is 0. The van der Waals surface area contributed by atoms with Gasteiger partial charge in [0.05, 0.1) is 17.8 Å². The molecule has 0 saturated heterocycles. The number of thiophene rings is 1. The maximum absolute atomic E-state index is 12.7. The second-order valence-corrected chi connectivity index (χ2v) is 6.74. The molecule has 3 rings (SSSR count). The van der Waals surface area contributed by atoms with E-state index < -0.39 is 6.04 Å². The number of nitrogens with zero attached hydrogens (tertiary/aromatic N) is 2. The molecule has 4 nitrogen and oxygen atoms in total. The SMILES string of the molecule is CC(=O)C(C)n1cnc2sc3c(c2c1=O)C(C)CCC3. The Balaban J connectivity index is 2.29. The molecule has 2 aromatic heterocycles. The van der Waals surface area contributed by atoms with Crippen molar-refractivity contribution in [2.24, 2.45) is 0 Å². The van der Waals surface area contributed by atoms with Crippen molar-refractivity contribution in [2.75, 3.05) is 0 Å². The van der Waals surface area contributed by atoms with E-state index in [9.17, 15) is 9.59 Å². The van der Waals surface area contributed by atoms with Gasteiger partial charge < -0.3 is 0 Å². The highest BCUT2D eigenvalue weighted by Gasteiger charge is 2.25. The third-order valence-corrected chi connectivity index (χ3v) is 5.46. The Hall–Kier alpha value is -1.49. The van der Waals surface area contributed by atoms with Gasteiger partial charge in [0.25, 0.3) is 5.56 Å². The van der Waals surface area contributed by atoms with Gasteiger partial charge in [0, 0.05) is 4.88 Å². The summed E-state index contributed by atoms with van der Waals surface area (Å²) in [5.74, 6) is 0.385. The molecule has 0 fully saturated rings. The summed E-state index contributed by atoms with van der Waals surface area (Å²) in [4.78, 5) is 30.8. The molecule has 0 aromatic carbocycles. The fourth-order valence-corrected chi connectivity index (χ4v) is 4.26. The first-order valence-electron chi connectivity index (χ1n) is 7.03. The molecule has 2 atom stereocenters. The Kier molecular flexibility index (Phi) is 3.24.